The van der Waals surface area contributed by atoms with Crippen molar-refractivity contribution >= 4 is 0 Å². The first kappa shape index (κ1) is 15.5. The number of benzene rings is 1. The Morgan fingerprint density at radius 2 is 2.10 bits per heavy atom. The molecule has 3 unspecified atom stereocenters. The zero-order chi connectivity index (χ0) is 14.4. The van der Waals surface area contributed by atoms with Gasteiger partial charge in [0.1, 0.15) is 0 Å². The summed E-state index contributed by atoms with van der Waals surface area (Å²) in [6.45, 7) is 3.89. The summed E-state index contributed by atoms with van der Waals surface area (Å²) < 4.78 is 11.0. The molecular formula is C17H27NO2. The lowest BCUT2D eigenvalue weighted by Crippen LogP contribution is -2.30. The SMILES string of the molecule is CCC1OCCC1C(NC)c1ccc(CCOC)cc1. The van der Waals surface area contributed by atoms with Gasteiger partial charge < -0.3 is 14.8 Å². The number of hydrogen-bond acceptors (Lipinski definition) is 3. The van der Waals surface area contributed by atoms with Crippen molar-refractivity contribution in [2.75, 3.05) is 27.4 Å². The van der Waals surface area contributed by atoms with E-state index in [2.05, 4.69) is 43.6 Å². The molecule has 0 bridgehead atoms. The van der Waals surface area contributed by atoms with Gasteiger partial charge in [-0.1, -0.05) is 31.2 Å². The average molecular weight is 277 g/mol. The molecule has 1 heterocycles. The van der Waals surface area contributed by atoms with Crippen LogP contribution in [0.4, 0.5) is 0 Å². The van der Waals surface area contributed by atoms with Gasteiger partial charge in [0, 0.05) is 25.7 Å². The summed E-state index contributed by atoms with van der Waals surface area (Å²) in [5.74, 6) is 0.579. The number of methoxy groups -OCH3 is 1. The summed E-state index contributed by atoms with van der Waals surface area (Å²) >= 11 is 0. The van der Waals surface area contributed by atoms with Gasteiger partial charge in [-0.3, -0.25) is 0 Å². The van der Waals surface area contributed by atoms with Crippen LogP contribution >= 0.6 is 0 Å². The summed E-state index contributed by atoms with van der Waals surface area (Å²) in [6, 6.07) is 9.32. The maximum Gasteiger partial charge on any atom is 0.0619 e. The highest BCUT2D eigenvalue weighted by molar-refractivity contribution is 5.26. The van der Waals surface area contributed by atoms with E-state index in [-0.39, 0.29) is 0 Å². The van der Waals surface area contributed by atoms with Crippen molar-refractivity contribution in [3.63, 3.8) is 0 Å². The highest BCUT2D eigenvalue weighted by Crippen LogP contribution is 2.34. The van der Waals surface area contributed by atoms with E-state index in [1.54, 1.807) is 7.11 Å². The summed E-state index contributed by atoms with van der Waals surface area (Å²) in [5.41, 5.74) is 2.70. The minimum Gasteiger partial charge on any atom is -0.384 e. The first-order valence-corrected chi connectivity index (χ1v) is 7.66. The molecule has 20 heavy (non-hydrogen) atoms. The largest absolute Gasteiger partial charge is 0.384 e. The molecule has 1 aromatic carbocycles. The van der Waals surface area contributed by atoms with Crippen molar-refractivity contribution in [3.05, 3.63) is 35.4 Å². The topological polar surface area (TPSA) is 30.5 Å². The molecule has 0 spiro atoms. The third-order valence-electron chi connectivity index (χ3n) is 4.34. The molecule has 0 amide bonds. The van der Waals surface area contributed by atoms with Crippen molar-refractivity contribution < 1.29 is 9.47 Å². The third kappa shape index (κ3) is 3.60. The van der Waals surface area contributed by atoms with Crippen LogP contribution in [0.3, 0.4) is 0 Å². The molecule has 112 valence electrons. The Morgan fingerprint density at radius 1 is 1.35 bits per heavy atom. The van der Waals surface area contributed by atoms with Crippen LogP contribution in [-0.2, 0) is 15.9 Å². The molecule has 0 saturated carbocycles. The molecule has 1 fully saturated rings. The molecule has 1 N–H and O–H groups in total. The van der Waals surface area contributed by atoms with Gasteiger partial charge in [0.2, 0.25) is 0 Å². The van der Waals surface area contributed by atoms with Crippen LogP contribution in [0.1, 0.15) is 36.9 Å². The van der Waals surface area contributed by atoms with Gasteiger partial charge in [-0.25, -0.2) is 0 Å². The molecule has 0 aliphatic carbocycles. The first-order chi connectivity index (χ1) is 9.80. The Kier molecular flexibility index (Phi) is 6.02. The van der Waals surface area contributed by atoms with Crippen LogP contribution in [0.15, 0.2) is 24.3 Å². The molecule has 1 saturated heterocycles. The van der Waals surface area contributed by atoms with Crippen molar-refractivity contribution in [3.8, 4) is 0 Å². The van der Waals surface area contributed by atoms with Crippen molar-refractivity contribution in [1.82, 2.24) is 5.32 Å². The molecule has 1 aliphatic rings. The first-order valence-electron chi connectivity index (χ1n) is 7.66. The second-order valence-electron chi connectivity index (χ2n) is 5.52. The van der Waals surface area contributed by atoms with Crippen molar-refractivity contribution in [2.45, 2.75) is 38.3 Å². The minimum absolute atomic E-state index is 0.388. The van der Waals surface area contributed by atoms with Crippen molar-refractivity contribution in [2.24, 2.45) is 5.92 Å². The van der Waals surface area contributed by atoms with E-state index in [1.807, 2.05) is 0 Å². The monoisotopic (exact) mass is 277 g/mol. The number of rotatable bonds is 7. The highest BCUT2D eigenvalue weighted by atomic mass is 16.5. The summed E-state index contributed by atoms with van der Waals surface area (Å²) in [5, 5.41) is 3.48. The van der Waals surface area contributed by atoms with Gasteiger partial charge in [0.15, 0.2) is 0 Å². The van der Waals surface area contributed by atoms with E-state index in [1.165, 1.54) is 11.1 Å². The third-order valence-corrected chi connectivity index (χ3v) is 4.34. The van der Waals surface area contributed by atoms with Gasteiger partial charge in [0.05, 0.1) is 12.7 Å². The molecule has 1 aliphatic heterocycles. The zero-order valence-electron chi connectivity index (χ0n) is 12.9. The van der Waals surface area contributed by atoms with Crippen molar-refractivity contribution in [1.29, 1.82) is 0 Å². The Morgan fingerprint density at radius 3 is 2.70 bits per heavy atom. The Balaban J connectivity index is 2.07. The van der Waals surface area contributed by atoms with Crippen LogP contribution < -0.4 is 5.32 Å². The predicted octanol–water partition coefficient (Wildman–Crippen LogP) is 2.95. The quantitative estimate of drug-likeness (QED) is 0.831. The second kappa shape index (κ2) is 7.77. The van der Waals surface area contributed by atoms with E-state index in [4.69, 9.17) is 9.47 Å². The molecule has 3 atom stereocenters. The number of hydrogen-bond donors (Lipinski definition) is 1. The number of ether oxygens (including phenoxy) is 2. The van der Waals surface area contributed by atoms with Gasteiger partial charge in [-0.15, -0.1) is 0 Å². The molecular weight excluding hydrogens is 250 g/mol. The van der Waals surface area contributed by atoms with Crippen LogP contribution in [0.2, 0.25) is 0 Å². The fourth-order valence-electron chi connectivity index (χ4n) is 3.21. The Bertz CT molecular complexity index is 390. The Labute approximate surface area is 122 Å². The molecule has 1 aromatic rings. The van der Waals surface area contributed by atoms with Crippen LogP contribution in [0.25, 0.3) is 0 Å². The van der Waals surface area contributed by atoms with E-state index < -0.39 is 0 Å². The molecule has 2 rings (SSSR count). The molecule has 3 nitrogen and oxygen atoms in total. The fraction of sp³-hybridized carbons (Fsp3) is 0.647. The van der Waals surface area contributed by atoms with Gasteiger partial charge in [-0.05, 0) is 37.4 Å². The lowest BCUT2D eigenvalue weighted by molar-refractivity contribution is 0.0782. The van der Waals surface area contributed by atoms with E-state index in [9.17, 15) is 0 Å². The normalized spacial score (nSPS) is 23.9. The lowest BCUT2D eigenvalue weighted by Gasteiger charge is -2.27. The van der Waals surface area contributed by atoms with Gasteiger partial charge in [0.25, 0.3) is 0 Å². The standard InChI is InChI=1S/C17H27NO2/c1-4-16-15(10-12-20-16)17(18-2)14-7-5-13(6-8-14)9-11-19-3/h5-8,15-18H,4,9-12H2,1-3H3. The number of nitrogens with one attached hydrogen (secondary N) is 1. The molecule has 0 aromatic heterocycles. The second-order valence-corrected chi connectivity index (χ2v) is 5.52. The Hall–Kier alpha value is -0.900. The summed E-state index contributed by atoms with van der Waals surface area (Å²) in [4.78, 5) is 0. The van der Waals surface area contributed by atoms with E-state index in [0.29, 0.717) is 18.1 Å². The molecule has 0 radical (unpaired) electrons. The van der Waals surface area contributed by atoms with E-state index >= 15 is 0 Å². The summed E-state index contributed by atoms with van der Waals surface area (Å²) in [7, 11) is 3.80. The average Bonchev–Trinajstić information content (AvgIpc) is 2.95. The van der Waals surface area contributed by atoms with Gasteiger partial charge in [-0.2, -0.15) is 0 Å². The predicted molar refractivity (Wildman–Crippen MR) is 82.0 cm³/mol. The van der Waals surface area contributed by atoms with Crippen LogP contribution in [-0.4, -0.2) is 33.5 Å². The fourth-order valence-corrected chi connectivity index (χ4v) is 3.21. The summed E-state index contributed by atoms with van der Waals surface area (Å²) in [6.07, 6.45) is 3.61. The van der Waals surface area contributed by atoms with Gasteiger partial charge >= 0.3 is 0 Å². The lowest BCUT2D eigenvalue weighted by atomic mass is 9.86. The van der Waals surface area contributed by atoms with E-state index in [0.717, 1.165) is 32.5 Å². The molecule has 3 heteroatoms. The van der Waals surface area contributed by atoms with Crippen LogP contribution in [0.5, 0.6) is 0 Å². The zero-order valence-corrected chi connectivity index (χ0v) is 12.9. The maximum absolute atomic E-state index is 5.84. The van der Waals surface area contributed by atoms with Crippen LogP contribution in [0, 0.1) is 5.92 Å². The smallest absolute Gasteiger partial charge is 0.0619 e. The highest BCUT2D eigenvalue weighted by Gasteiger charge is 2.33. The minimum atomic E-state index is 0.388. The maximum atomic E-state index is 5.84.